The fraction of sp³-hybridized carbons (Fsp3) is 0.233. The molecule has 36 heavy (non-hydrogen) atoms. The second-order valence-corrected chi connectivity index (χ2v) is 9.33. The zero-order valence-corrected chi connectivity index (χ0v) is 20.9. The van der Waals surface area contributed by atoms with Crippen molar-refractivity contribution in [2.24, 2.45) is 0 Å². The lowest BCUT2D eigenvalue weighted by Crippen LogP contribution is -2.49. The van der Waals surface area contributed by atoms with Gasteiger partial charge in [-0.1, -0.05) is 42.5 Å². The van der Waals surface area contributed by atoms with Crippen LogP contribution in [0.3, 0.4) is 0 Å². The van der Waals surface area contributed by atoms with Crippen LogP contribution in [-0.4, -0.2) is 47.9 Å². The Labute approximate surface area is 211 Å². The van der Waals surface area contributed by atoms with Gasteiger partial charge in [-0.2, -0.15) is 0 Å². The molecule has 0 aliphatic carbocycles. The maximum atomic E-state index is 13.8. The fourth-order valence-corrected chi connectivity index (χ4v) is 4.83. The number of hydrogen-bond donors (Lipinski definition) is 1. The molecule has 0 saturated carbocycles. The number of hydrogen-bond acceptors (Lipinski definition) is 4. The van der Waals surface area contributed by atoms with Gasteiger partial charge in [0.1, 0.15) is 0 Å². The van der Waals surface area contributed by atoms with Crippen LogP contribution in [0.2, 0.25) is 0 Å². The fourth-order valence-electron chi connectivity index (χ4n) is 4.83. The lowest BCUT2D eigenvalue weighted by Gasteiger charge is -2.37. The van der Waals surface area contributed by atoms with E-state index in [0.717, 1.165) is 40.9 Å². The van der Waals surface area contributed by atoms with E-state index in [9.17, 15) is 9.59 Å². The Balaban J connectivity index is 1.42. The van der Waals surface area contributed by atoms with E-state index in [0.29, 0.717) is 18.7 Å². The van der Waals surface area contributed by atoms with E-state index in [1.807, 2.05) is 59.5 Å². The second-order valence-electron chi connectivity index (χ2n) is 9.33. The van der Waals surface area contributed by atoms with Crippen molar-refractivity contribution in [1.82, 2.24) is 9.88 Å². The monoisotopic (exact) mass is 478 g/mol. The lowest BCUT2D eigenvalue weighted by molar-refractivity contribution is -0.114. The van der Waals surface area contributed by atoms with Crippen LogP contribution >= 0.6 is 0 Å². The van der Waals surface area contributed by atoms with Gasteiger partial charge in [-0.05, 0) is 55.3 Å². The maximum absolute atomic E-state index is 13.8. The Kier molecular flexibility index (Phi) is 6.42. The SMILES string of the molecule is CC(=O)Nc1ccc(-c2cc(C(=O)N3CCN(c4cccc(C)c4C)CC3)c3ccccc3n2)cc1. The van der Waals surface area contributed by atoms with E-state index in [-0.39, 0.29) is 11.8 Å². The highest BCUT2D eigenvalue weighted by Gasteiger charge is 2.25. The molecule has 1 saturated heterocycles. The third kappa shape index (κ3) is 4.67. The molecule has 2 amide bonds. The Morgan fingerprint density at radius 1 is 0.861 bits per heavy atom. The molecule has 5 rings (SSSR count). The number of fused-ring (bicyclic) bond motifs is 1. The predicted molar refractivity (Wildman–Crippen MR) is 146 cm³/mol. The Bertz CT molecular complexity index is 1440. The van der Waals surface area contributed by atoms with Gasteiger partial charge in [0, 0.05) is 55.4 Å². The van der Waals surface area contributed by atoms with Gasteiger partial charge in [0.25, 0.3) is 5.91 Å². The number of para-hydroxylation sites is 1. The third-order valence-corrected chi connectivity index (χ3v) is 6.93. The highest BCUT2D eigenvalue weighted by molar-refractivity contribution is 6.07. The number of rotatable bonds is 4. The van der Waals surface area contributed by atoms with Gasteiger partial charge < -0.3 is 15.1 Å². The zero-order valence-electron chi connectivity index (χ0n) is 20.9. The Morgan fingerprint density at radius 3 is 2.31 bits per heavy atom. The minimum absolute atomic E-state index is 0.0327. The van der Waals surface area contributed by atoms with Gasteiger partial charge in [-0.25, -0.2) is 4.98 Å². The summed E-state index contributed by atoms with van der Waals surface area (Å²) in [6.07, 6.45) is 0. The summed E-state index contributed by atoms with van der Waals surface area (Å²) in [5.41, 5.74) is 7.65. The van der Waals surface area contributed by atoms with Crippen molar-refractivity contribution in [2.75, 3.05) is 36.4 Å². The predicted octanol–water partition coefficient (Wildman–Crippen LogP) is 5.44. The van der Waals surface area contributed by atoms with Crippen LogP contribution in [0.5, 0.6) is 0 Å². The van der Waals surface area contributed by atoms with Crippen LogP contribution in [0.4, 0.5) is 11.4 Å². The summed E-state index contributed by atoms with van der Waals surface area (Å²) in [7, 11) is 0. The van der Waals surface area contributed by atoms with E-state index in [1.54, 1.807) is 0 Å². The minimum atomic E-state index is -0.114. The van der Waals surface area contributed by atoms with Crippen molar-refractivity contribution in [3.8, 4) is 11.3 Å². The molecule has 6 nitrogen and oxygen atoms in total. The van der Waals surface area contributed by atoms with E-state index in [1.165, 1.54) is 23.7 Å². The van der Waals surface area contributed by atoms with E-state index in [2.05, 4.69) is 42.3 Å². The number of carbonyl (C=O) groups excluding carboxylic acids is 2. The summed E-state index contributed by atoms with van der Waals surface area (Å²) in [4.78, 5) is 34.3. The van der Waals surface area contributed by atoms with Crippen molar-refractivity contribution < 1.29 is 9.59 Å². The van der Waals surface area contributed by atoms with Gasteiger partial charge in [-0.3, -0.25) is 9.59 Å². The van der Waals surface area contributed by atoms with Crippen molar-refractivity contribution in [2.45, 2.75) is 20.8 Å². The van der Waals surface area contributed by atoms with Crippen LogP contribution in [0, 0.1) is 13.8 Å². The van der Waals surface area contributed by atoms with Gasteiger partial charge in [0.2, 0.25) is 5.91 Å². The molecule has 3 aromatic carbocycles. The number of pyridine rings is 1. The summed E-state index contributed by atoms with van der Waals surface area (Å²) < 4.78 is 0. The molecule has 6 heteroatoms. The molecule has 0 radical (unpaired) electrons. The molecule has 1 N–H and O–H groups in total. The highest BCUT2D eigenvalue weighted by atomic mass is 16.2. The molecule has 2 heterocycles. The molecular weight excluding hydrogens is 448 g/mol. The number of carbonyl (C=O) groups is 2. The van der Waals surface area contributed by atoms with Crippen LogP contribution in [0.15, 0.2) is 72.8 Å². The first-order valence-corrected chi connectivity index (χ1v) is 12.3. The standard InChI is InChI=1S/C30H30N4O2/c1-20-7-6-10-29(21(20)2)33-15-17-34(18-16-33)30(36)26-19-28(32-27-9-5-4-8-25(26)27)23-11-13-24(14-12-23)31-22(3)35/h4-14,19H,15-18H2,1-3H3,(H,31,35). The highest BCUT2D eigenvalue weighted by Crippen LogP contribution is 2.28. The van der Waals surface area contributed by atoms with Crippen LogP contribution in [-0.2, 0) is 4.79 Å². The summed E-state index contributed by atoms with van der Waals surface area (Å²) in [6.45, 7) is 8.73. The van der Waals surface area contributed by atoms with Gasteiger partial charge in [0.15, 0.2) is 0 Å². The van der Waals surface area contributed by atoms with Crippen molar-refractivity contribution in [3.05, 3.63) is 89.5 Å². The molecule has 1 aliphatic rings. The first-order chi connectivity index (χ1) is 17.4. The summed E-state index contributed by atoms with van der Waals surface area (Å²) in [6, 6.07) is 23.6. The van der Waals surface area contributed by atoms with Gasteiger partial charge in [-0.15, -0.1) is 0 Å². The second kappa shape index (κ2) is 9.82. The van der Waals surface area contributed by atoms with Crippen molar-refractivity contribution >= 4 is 34.1 Å². The van der Waals surface area contributed by atoms with E-state index in [4.69, 9.17) is 4.98 Å². The molecule has 0 spiro atoms. The number of aromatic nitrogens is 1. The van der Waals surface area contributed by atoms with E-state index >= 15 is 0 Å². The molecule has 1 aromatic heterocycles. The zero-order chi connectivity index (χ0) is 25.2. The summed E-state index contributed by atoms with van der Waals surface area (Å²) >= 11 is 0. The molecular formula is C30H30N4O2. The number of nitrogens with one attached hydrogen (secondary N) is 1. The average Bonchev–Trinajstić information content (AvgIpc) is 2.89. The maximum Gasteiger partial charge on any atom is 0.254 e. The normalized spacial score (nSPS) is 13.6. The number of benzene rings is 3. The minimum Gasteiger partial charge on any atom is -0.368 e. The molecule has 1 fully saturated rings. The number of nitrogens with zero attached hydrogens (tertiary/aromatic N) is 3. The van der Waals surface area contributed by atoms with E-state index < -0.39 is 0 Å². The molecule has 0 atom stereocenters. The Hall–Kier alpha value is -4.19. The quantitative estimate of drug-likeness (QED) is 0.424. The summed E-state index contributed by atoms with van der Waals surface area (Å²) in [5.74, 6) is -0.0811. The van der Waals surface area contributed by atoms with Crippen LogP contribution < -0.4 is 10.2 Å². The molecule has 0 bridgehead atoms. The number of piperazine rings is 1. The number of aryl methyl sites for hydroxylation is 1. The smallest absolute Gasteiger partial charge is 0.254 e. The average molecular weight is 479 g/mol. The van der Waals surface area contributed by atoms with Gasteiger partial charge in [0.05, 0.1) is 16.8 Å². The van der Waals surface area contributed by atoms with Crippen LogP contribution in [0.25, 0.3) is 22.2 Å². The van der Waals surface area contributed by atoms with Crippen molar-refractivity contribution in [1.29, 1.82) is 0 Å². The molecule has 1 aliphatic heterocycles. The largest absolute Gasteiger partial charge is 0.368 e. The first-order valence-electron chi connectivity index (χ1n) is 12.3. The lowest BCUT2D eigenvalue weighted by atomic mass is 10.0. The topological polar surface area (TPSA) is 65.5 Å². The molecule has 0 unspecified atom stereocenters. The van der Waals surface area contributed by atoms with Crippen molar-refractivity contribution in [3.63, 3.8) is 0 Å². The number of anilines is 2. The molecule has 4 aromatic rings. The molecule has 182 valence electrons. The van der Waals surface area contributed by atoms with Crippen LogP contribution in [0.1, 0.15) is 28.4 Å². The third-order valence-electron chi connectivity index (χ3n) is 6.93. The first kappa shape index (κ1) is 23.5. The number of amides is 2. The summed E-state index contributed by atoms with van der Waals surface area (Å²) in [5, 5.41) is 3.64. The Morgan fingerprint density at radius 2 is 1.58 bits per heavy atom. The van der Waals surface area contributed by atoms with Gasteiger partial charge >= 0.3 is 0 Å².